The Kier molecular flexibility index (Phi) is 5.93. The average Bonchev–Trinajstić information content (AvgIpc) is 2.73. The van der Waals surface area contributed by atoms with Crippen molar-refractivity contribution in [2.45, 2.75) is 6.92 Å². The minimum Gasteiger partial charge on any atom is -0.497 e. The summed E-state index contributed by atoms with van der Waals surface area (Å²) >= 11 is 0. The van der Waals surface area contributed by atoms with Gasteiger partial charge in [-0.2, -0.15) is 5.26 Å². The summed E-state index contributed by atoms with van der Waals surface area (Å²) in [4.78, 5) is 12.6. The molecular formula is C23H20N2O3. The van der Waals surface area contributed by atoms with Crippen LogP contribution in [0.2, 0.25) is 0 Å². The van der Waals surface area contributed by atoms with Gasteiger partial charge in [0.05, 0.1) is 19.4 Å². The largest absolute Gasteiger partial charge is 0.497 e. The fraction of sp³-hybridized carbons (Fsp3) is 0.130. The quantitative estimate of drug-likeness (QED) is 0.499. The third-order valence-corrected chi connectivity index (χ3v) is 4.18. The van der Waals surface area contributed by atoms with Crippen molar-refractivity contribution in [3.8, 4) is 17.6 Å². The summed E-state index contributed by atoms with van der Waals surface area (Å²) in [6.07, 6.45) is 1.57. The maximum absolute atomic E-state index is 12.6. The van der Waals surface area contributed by atoms with Gasteiger partial charge in [-0.1, -0.05) is 30.3 Å². The van der Waals surface area contributed by atoms with Crippen LogP contribution < -0.4 is 14.8 Å². The summed E-state index contributed by atoms with van der Waals surface area (Å²) in [5.41, 5.74) is 1.31. The van der Waals surface area contributed by atoms with Crippen molar-refractivity contribution >= 4 is 28.4 Å². The van der Waals surface area contributed by atoms with Gasteiger partial charge in [-0.25, -0.2) is 0 Å². The molecule has 0 spiro atoms. The number of rotatable bonds is 6. The highest BCUT2D eigenvalue weighted by atomic mass is 16.5. The van der Waals surface area contributed by atoms with Gasteiger partial charge >= 0.3 is 0 Å². The molecule has 0 atom stereocenters. The predicted molar refractivity (Wildman–Crippen MR) is 110 cm³/mol. The molecule has 140 valence electrons. The van der Waals surface area contributed by atoms with Crippen molar-refractivity contribution in [3.05, 3.63) is 71.8 Å². The third-order valence-electron chi connectivity index (χ3n) is 4.18. The summed E-state index contributed by atoms with van der Waals surface area (Å²) in [5.74, 6) is 0.862. The molecule has 0 aliphatic rings. The van der Waals surface area contributed by atoms with Crippen LogP contribution in [-0.2, 0) is 4.79 Å². The molecule has 28 heavy (non-hydrogen) atoms. The number of hydrogen-bond acceptors (Lipinski definition) is 4. The highest BCUT2D eigenvalue weighted by molar-refractivity contribution is 6.10. The van der Waals surface area contributed by atoms with E-state index >= 15 is 0 Å². The minimum absolute atomic E-state index is 0.0131. The maximum Gasteiger partial charge on any atom is 0.266 e. The zero-order valence-electron chi connectivity index (χ0n) is 15.7. The third kappa shape index (κ3) is 4.30. The van der Waals surface area contributed by atoms with Crippen LogP contribution in [0.15, 0.2) is 66.2 Å². The molecule has 1 amide bonds. The normalized spacial score (nSPS) is 11.0. The summed E-state index contributed by atoms with van der Waals surface area (Å²) in [6, 6.07) is 20.6. The molecule has 0 unspecified atom stereocenters. The number of nitrogens with one attached hydrogen (secondary N) is 1. The van der Waals surface area contributed by atoms with Crippen LogP contribution in [0.4, 0.5) is 5.69 Å². The Balaban J connectivity index is 1.86. The number of carbonyl (C=O) groups is 1. The molecule has 0 radical (unpaired) electrons. The number of hydrogen-bond donors (Lipinski definition) is 1. The number of ether oxygens (including phenoxy) is 2. The molecule has 0 saturated carbocycles. The molecule has 3 aromatic rings. The molecule has 0 fully saturated rings. The van der Waals surface area contributed by atoms with E-state index in [2.05, 4.69) is 5.32 Å². The average molecular weight is 372 g/mol. The van der Waals surface area contributed by atoms with Crippen LogP contribution in [0.5, 0.6) is 11.5 Å². The first-order chi connectivity index (χ1) is 13.6. The maximum atomic E-state index is 12.6. The number of nitriles is 1. The zero-order chi connectivity index (χ0) is 19.9. The van der Waals surface area contributed by atoms with Gasteiger partial charge in [0.1, 0.15) is 23.1 Å². The van der Waals surface area contributed by atoms with E-state index in [9.17, 15) is 10.1 Å². The standard InChI is InChI=1S/C23H20N2O3/c1-3-28-22-7-5-4-6-21(22)25-23(26)19(15-24)13-16-8-9-18-14-20(27-2)11-10-17(18)12-16/h4-14H,3H2,1-2H3,(H,25,26)/b19-13+. The second kappa shape index (κ2) is 8.74. The number of amides is 1. The number of nitrogens with zero attached hydrogens (tertiary/aromatic N) is 1. The lowest BCUT2D eigenvalue weighted by Gasteiger charge is -2.10. The van der Waals surface area contributed by atoms with Gasteiger partial charge in [-0.3, -0.25) is 4.79 Å². The van der Waals surface area contributed by atoms with E-state index in [4.69, 9.17) is 9.47 Å². The Hall–Kier alpha value is -3.78. The van der Waals surface area contributed by atoms with Crippen LogP contribution in [-0.4, -0.2) is 19.6 Å². The molecular weight excluding hydrogens is 352 g/mol. The lowest BCUT2D eigenvalue weighted by atomic mass is 10.0. The molecule has 0 saturated heterocycles. The molecule has 0 aromatic heterocycles. The fourth-order valence-corrected chi connectivity index (χ4v) is 2.82. The molecule has 0 heterocycles. The van der Waals surface area contributed by atoms with Crippen molar-refractivity contribution in [2.75, 3.05) is 19.0 Å². The van der Waals surface area contributed by atoms with E-state index in [-0.39, 0.29) is 5.57 Å². The first-order valence-corrected chi connectivity index (χ1v) is 8.87. The molecule has 3 aromatic carbocycles. The number of carbonyl (C=O) groups excluding carboxylic acids is 1. The number of anilines is 1. The number of methoxy groups -OCH3 is 1. The van der Waals surface area contributed by atoms with E-state index in [1.54, 1.807) is 31.4 Å². The highest BCUT2D eigenvalue weighted by Gasteiger charge is 2.12. The van der Waals surface area contributed by atoms with Gasteiger partial charge in [0.25, 0.3) is 5.91 Å². The highest BCUT2D eigenvalue weighted by Crippen LogP contribution is 2.25. The topological polar surface area (TPSA) is 71.3 Å². The molecule has 0 aliphatic carbocycles. The van der Waals surface area contributed by atoms with Crippen molar-refractivity contribution in [1.82, 2.24) is 0 Å². The molecule has 1 N–H and O–H groups in total. The summed E-state index contributed by atoms with van der Waals surface area (Å²) in [5, 5.41) is 14.2. The molecule has 5 heteroatoms. The first kappa shape index (κ1) is 19.0. The summed E-state index contributed by atoms with van der Waals surface area (Å²) in [6.45, 7) is 2.35. The second-order valence-electron chi connectivity index (χ2n) is 6.03. The first-order valence-electron chi connectivity index (χ1n) is 8.87. The molecule has 5 nitrogen and oxygen atoms in total. The summed E-state index contributed by atoms with van der Waals surface area (Å²) < 4.78 is 10.7. The van der Waals surface area contributed by atoms with Gasteiger partial charge in [0, 0.05) is 0 Å². The van der Waals surface area contributed by atoms with E-state index in [0.717, 1.165) is 22.1 Å². The van der Waals surface area contributed by atoms with Crippen molar-refractivity contribution < 1.29 is 14.3 Å². The lowest BCUT2D eigenvalue weighted by Crippen LogP contribution is -2.14. The fourth-order valence-electron chi connectivity index (χ4n) is 2.82. The van der Waals surface area contributed by atoms with E-state index in [1.807, 2.05) is 55.5 Å². The lowest BCUT2D eigenvalue weighted by molar-refractivity contribution is -0.112. The zero-order valence-corrected chi connectivity index (χ0v) is 15.7. The monoisotopic (exact) mass is 372 g/mol. The molecule has 3 rings (SSSR count). The van der Waals surface area contributed by atoms with Gasteiger partial charge < -0.3 is 14.8 Å². The Morgan fingerprint density at radius 1 is 1.11 bits per heavy atom. The molecule has 0 bridgehead atoms. The predicted octanol–water partition coefficient (Wildman–Crippen LogP) is 4.79. The Labute approximate surface area is 163 Å². The van der Waals surface area contributed by atoms with Gasteiger partial charge in [0.15, 0.2) is 0 Å². The van der Waals surface area contributed by atoms with Crippen LogP contribution >= 0.6 is 0 Å². The van der Waals surface area contributed by atoms with E-state index in [1.165, 1.54) is 0 Å². The van der Waals surface area contributed by atoms with Crippen LogP contribution in [0.25, 0.3) is 16.8 Å². The second-order valence-corrected chi connectivity index (χ2v) is 6.03. The van der Waals surface area contributed by atoms with Gasteiger partial charge in [-0.05, 0) is 59.7 Å². The number of fused-ring (bicyclic) bond motifs is 1. The number of para-hydroxylation sites is 2. The van der Waals surface area contributed by atoms with Crippen LogP contribution in [0.3, 0.4) is 0 Å². The van der Waals surface area contributed by atoms with Crippen molar-refractivity contribution in [3.63, 3.8) is 0 Å². The van der Waals surface area contributed by atoms with Crippen LogP contribution in [0, 0.1) is 11.3 Å². The number of benzene rings is 3. The van der Waals surface area contributed by atoms with Crippen LogP contribution in [0.1, 0.15) is 12.5 Å². The van der Waals surface area contributed by atoms with E-state index < -0.39 is 5.91 Å². The van der Waals surface area contributed by atoms with Crippen molar-refractivity contribution in [2.24, 2.45) is 0 Å². The summed E-state index contributed by atoms with van der Waals surface area (Å²) in [7, 11) is 1.62. The smallest absolute Gasteiger partial charge is 0.266 e. The SMILES string of the molecule is CCOc1ccccc1NC(=O)/C(C#N)=C/c1ccc2cc(OC)ccc2c1. The minimum atomic E-state index is -0.482. The van der Waals surface area contributed by atoms with Gasteiger partial charge in [0.2, 0.25) is 0 Å². The Morgan fingerprint density at radius 3 is 2.61 bits per heavy atom. The van der Waals surface area contributed by atoms with Crippen molar-refractivity contribution in [1.29, 1.82) is 5.26 Å². The Bertz CT molecular complexity index is 1080. The Morgan fingerprint density at radius 2 is 1.86 bits per heavy atom. The van der Waals surface area contributed by atoms with E-state index in [0.29, 0.717) is 18.0 Å². The van der Waals surface area contributed by atoms with Gasteiger partial charge in [-0.15, -0.1) is 0 Å². The molecule has 0 aliphatic heterocycles.